The Hall–Kier alpha value is -1.51. The van der Waals surface area contributed by atoms with Crippen LogP contribution >= 0.6 is 0 Å². The van der Waals surface area contributed by atoms with Gasteiger partial charge in [-0.1, -0.05) is 12.1 Å². The molecule has 1 aliphatic rings. The molecule has 1 aliphatic heterocycles. The smallest absolute Gasteiger partial charge is 0.323 e. The number of aliphatic carboxylic acids is 1. The van der Waals surface area contributed by atoms with E-state index in [-0.39, 0.29) is 18.8 Å². The molecule has 8 heteroatoms. The van der Waals surface area contributed by atoms with Crippen LogP contribution in [0.25, 0.3) is 0 Å². The minimum Gasteiger partial charge on any atom is -0.480 e. The van der Waals surface area contributed by atoms with Crippen molar-refractivity contribution < 1.29 is 22.7 Å². The highest BCUT2D eigenvalue weighted by atomic mass is 32.2. The zero-order valence-corrected chi connectivity index (χ0v) is 11.4. The number of nitrogens with zero attached hydrogens (tertiary/aromatic N) is 1. The first-order valence-electron chi connectivity index (χ1n) is 6.07. The normalized spacial score (nSPS) is 20.8. The number of rotatable bonds is 4. The van der Waals surface area contributed by atoms with Crippen molar-refractivity contribution in [2.24, 2.45) is 0 Å². The Balaban J connectivity index is 2.20. The molecule has 6 nitrogen and oxygen atoms in total. The number of carboxylic acid groups (broad SMARTS) is 1. The fourth-order valence-electron chi connectivity index (χ4n) is 2.10. The molecule has 0 aromatic heterocycles. The van der Waals surface area contributed by atoms with Gasteiger partial charge >= 0.3 is 5.97 Å². The molecule has 0 bridgehead atoms. The number of nitrogens with one attached hydrogen (secondary N) is 1. The van der Waals surface area contributed by atoms with Crippen LogP contribution in [0.15, 0.2) is 24.3 Å². The summed E-state index contributed by atoms with van der Waals surface area (Å²) in [5.74, 6) is -1.96. The summed E-state index contributed by atoms with van der Waals surface area (Å²) in [6.45, 7) is 0.602. The number of hydrogen-bond acceptors (Lipinski definition) is 4. The maximum absolute atomic E-state index is 12.8. The lowest BCUT2D eigenvalue weighted by Crippen LogP contribution is -2.57. The maximum Gasteiger partial charge on any atom is 0.323 e. The summed E-state index contributed by atoms with van der Waals surface area (Å²) in [4.78, 5) is 11.1. The quantitative estimate of drug-likeness (QED) is 0.818. The second-order valence-electron chi connectivity index (χ2n) is 4.55. The third-order valence-electron chi connectivity index (χ3n) is 3.10. The molecule has 1 heterocycles. The average molecular weight is 302 g/mol. The van der Waals surface area contributed by atoms with Crippen molar-refractivity contribution in [1.82, 2.24) is 9.62 Å². The van der Waals surface area contributed by atoms with Gasteiger partial charge in [-0.05, 0) is 17.7 Å². The standard InChI is InChI=1S/C12H15FN2O4S/c13-10-3-1-9(2-4-10)8-20(18,19)15-6-5-14-7-11(15)12(16)17/h1-4,11,14H,5-8H2,(H,16,17). The van der Waals surface area contributed by atoms with Crippen LogP contribution in [0.3, 0.4) is 0 Å². The SMILES string of the molecule is O=C(O)C1CNCCN1S(=O)(=O)Cc1ccc(F)cc1. The van der Waals surface area contributed by atoms with E-state index in [9.17, 15) is 17.6 Å². The lowest BCUT2D eigenvalue weighted by atomic mass is 10.2. The van der Waals surface area contributed by atoms with Gasteiger partial charge in [0.2, 0.25) is 10.0 Å². The second-order valence-corrected chi connectivity index (χ2v) is 6.47. The summed E-state index contributed by atoms with van der Waals surface area (Å²) in [6.07, 6.45) is 0. The van der Waals surface area contributed by atoms with Gasteiger partial charge in [-0.2, -0.15) is 4.31 Å². The van der Waals surface area contributed by atoms with Crippen molar-refractivity contribution in [3.8, 4) is 0 Å². The van der Waals surface area contributed by atoms with Crippen molar-refractivity contribution in [2.75, 3.05) is 19.6 Å². The van der Waals surface area contributed by atoms with Gasteiger partial charge in [-0.15, -0.1) is 0 Å². The minimum atomic E-state index is -3.75. The van der Waals surface area contributed by atoms with Gasteiger partial charge in [0.05, 0.1) is 5.75 Å². The molecule has 0 spiro atoms. The molecule has 0 saturated carbocycles. The first kappa shape index (κ1) is 14.9. The number of hydrogen-bond donors (Lipinski definition) is 2. The number of benzene rings is 1. The van der Waals surface area contributed by atoms with Crippen LogP contribution in [-0.2, 0) is 20.6 Å². The van der Waals surface area contributed by atoms with E-state index in [0.717, 1.165) is 4.31 Å². The van der Waals surface area contributed by atoms with Gasteiger partial charge < -0.3 is 10.4 Å². The first-order valence-corrected chi connectivity index (χ1v) is 7.68. The van der Waals surface area contributed by atoms with Gasteiger partial charge in [0.1, 0.15) is 11.9 Å². The van der Waals surface area contributed by atoms with Crippen LogP contribution < -0.4 is 5.32 Å². The Morgan fingerprint density at radius 1 is 1.40 bits per heavy atom. The molecule has 0 aliphatic carbocycles. The van der Waals surface area contributed by atoms with Crippen molar-refractivity contribution in [3.05, 3.63) is 35.6 Å². The monoisotopic (exact) mass is 302 g/mol. The van der Waals surface area contributed by atoms with Gasteiger partial charge in [-0.3, -0.25) is 4.79 Å². The van der Waals surface area contributed by atoms with E-state index in [1.807, 2.05) is 0 Å². The van der Waals surface area contributed by atoms with Gasteiger partial charge in [-0.25, -0.2) is 12.8 Å². The Morgan fingerprint density at radius 3 is 2.65 bits per heavy atom. The topological polar surface area (TPSA) is 86.7 Å². The highest BCUT2D eigenvalue weighted by Gasteiger charge is 2.36. The van der Waals surface area contributed by atoms with Gasteiger partial charge in [0, 0.05) is 19.6 Å². The number of carboxylic acids is 1. The van der Waals surface area contributed by atoms with Crippen molar-refractivity contribution in [1.29, 1.82) is 0 Å². The molecule has 1 unspecified atom stereocenters. The zero-order chi connectivity index (χ0) is 14.8. The molecular weight excluding hydrogens is 287 g/mol. The number of sulfonamides is 1. The Bertz CT molecular complexity index is 588. The van der Waals surface area contributed by atoms with Gasteiger partial charge in [0.25, 0.3) is 0 Å². The molecule has 1 saturated heterocycles. The van der Waals surface area contributed by atoms with Gasteiger partial charge in [0.15, 0.2) is 0 Å². The summed E-state index contributed by atoms with van der Waals surface area (Å²) in [5.41, 5.74) is 0.425. The molecule has 1 aromatic rings. The predicted octanol–water partition coefficient (Wildman–Crippen LogP) is 0.0139. The summed E-state index contributed by atoms with van der Waals surface area (Å²) in [6, 6.07) is 4.01. The van der Waals surface area contributed by atoms with E-state index in [1.54, 1.807) is 0 Å². The van der Waals surface area contributed by atoms with Crippen molar-refractivity contribution >= 4 is 16.0 Å². The van der Waals surface area contributed by atoms with E-state index in [1.165, 1.54) is 24.3 Å². The van der Waals surface area contributed by atoms with Crippen LogP contribution in [0, 0.1) is 5.82 Å². The molecule has 20 heavy (non-hydrogen) atoms. The molecule has 1 aromatic carbocycles. The average Bonchev–Trinajstić information content (AvgIpc) is 2.41. The molecular formula is C12H15FN2O4S. The summed E-state index contributed by atoms with van der Waals surface area (Å²) < 4.78 is 38.4. The number of piperazine rings is 1. The van der Waals surface area contributed by atoms with Crippen LogP contribution in [0.1, 0.15) is 5.56 Å². The Kier molecular flexibility index (Phi) is 4.36. The summed E-state index contributed by atoms with van der Waals surface area (Å²) >= 11 is 0. The first-order chi connectivity index (χ1) is 9.40. The van der Waals surface area contributed by atoms with Crippen molar-refractivity contribution in [2.45, 2.75) is 11.8 Å². The Labute approximate surface area is 116 Å². The van der Waals surface area contributed by atoms with Crippen molar-refractivity contribution in [3.63, 3.8) is 0 Å². The summed E-state index contributed by atoms with van der Waals surface area (Å²) in [5, 5.41) is 11.9. The second kappa shape index (κ2) is 5.86. The van der Waals surface area contributed by atoms with E-state index in [0.29, 0.717) is 12.1 Å². The number of carbonyl (C=O) groups is 1. The third kappa shape index (κ3) is 3.33. The van der Waals surface area contributed by atoms with Crippen LogP contribution in [0.4, 0.5) is 4.39 Å². The summed E-state index contributed by atoms with van der Waals surface area (Å²) in [7, 11) is -3.75. The fraction of sp³-hybridized carbons (Fsp3) is 0.417. The number of halogens is 1. The Morgan fingerprint density at radius 2 is 2.05 bits per heavy atom. The minimum absolute atomic E-state index is 0.0813. The van der Waals surface area contributed by atoms with Crippen LogP contribution in [0.5, 0.6) is 0 Å². The molecule has 110 valence electrons. The van der Waals surface area contributed by atoms with E-state index >= 15 is 0 Å². The van der Waals surface area contributed by atoms with Crippen LogP contribution in [0.2, 0.25) is 0 Å². The van der Waals surface area contributed by atoms with Crippen LogP contribution in [-0.4, -0.2) is 49.5 Å². The third-order valence-corrected chi connectivity index (χ3v) is 4.95. The zero-order valence-electron chi connectivity index (χ0n) is 10.6. The molecule has 0 amide bonds. The molecule has 1 atom stereocenters. The highest BCUT2D eigenvalue weighted by molar-refractivity contribution is 7.88. The molecule has 2 rings (SSSR count). The van der Waals surface area contributed by atoms with E-state index in [2.05, 4.69) is 5.32 Å². The molecule has 2 N–H and O–H groups in total. The fourth-order valence-corrected chi connectivity index (χ4v) is 3.80. The predicted molar refractivity (Wildman–Crippen MR) is 70.0 cm³/mol. The molecule has 0 radical (unpaired) electrons. The molecule has 1 fully saturated rings. The van der Waals surface area contributed by atoms with E-state index in [4.69, 9.17) is 5.11 Å². The lowest BCUT2D eigenvalue weighted by molar-refractivity contribution is -0.141. The van der Waals surface area contributed by atoms with E-state index < -0.39 is 27.9 Å². The highest BCUT2D eigenvalue weighted by Crippen LogP contribution is 2.16. The maximum atomic E-state index is 12.8. The lowest BCUT2D eigenvalue weighted by Gasteiger charge is -2.32. The largest absolute Gasteiger partial charge is 0.480 e.